The lowest BCUT2D eigenvalue weighted by atomic mass is 9.84. The standard InChI is InChI=1S/C14H15ClN2O/c15-11-5-7-12(8-6-11)17-14(18)9-10-3-1-2-4-13(10)16-17/h5-8,10H,1-4,9H2/t10-/m0/s1. The molecule has 1 aliphatic carbocycles. The van der Waals surface area contributed by atoms with Crippen LogP contribution in [0.3, 0.4) is 0 Å². The van der Waals surface area contributed by atoms with Gasteiger partial charge in [0.2, 0.25) is 5.91 Å². The summed E-state index contributed by atoms with van der Waals surface area (Å²) in [4.78, 5) is 12.1. The van der Waals surface area contributed by atoms with E-state index in [0.717, 1.165) is 18.5 Å². The molecule has 0 aromatic heterocycles. The maximum absolute atomic E-state index is 12.1. The van der Waals surface area contributed by atoms with E-state index >= 15 is 0 Å². The first-order valence-corrected chi connectivity index (χ1v) is 6.78. The molecule has 18 heavy (non-hydrogen) atoms. The number of benzene rings is 1. The molecule has 94 valence electrons. The Morgan fingerprint density at radius 3 is 2.78 bits per heavy atom. The fourth-order valence-electron chi connectivity index (χ4n) is 2.68. The fourth-order valence-corrected chi connectivity index (χ4v) is 2.81. The Morgan fingerprint density at radius 1 is 1.22 bits per heavy atom. The third-order valence-electron chi connectivity index (χ3n) is 3.66. The molecule has 3 nitrogen and oxygen atoms in total. The lowest BCUT2D eigenvalue weighted by Crippen LogP contribution is -2.38. The average molecular weight is 263 g/mol. The molecule has 0 unspecified atom stereocenters. The number of anilines is 1. The van der Waals surface area contributed by atoms with Crippen molar-refractivity contribution < 1.29 is 4.79 Å². The molecule has 1 aromatic rings. The van der Waals surface area contributed by atoms with Gasteiger partial charge >= 0.3 is 0 Å². The molecule has 1 fully saturated rings. The Bertz CT molecular complexity index is 495. The van der Waals surface area contributed by atoms with Crippen molar-refractivity contribution >= 4 is 28.9 Å². The van der Waals surface area contributed by atoms with E-state index in [-0.39, 0.29) is 5.91 Å². The zero-order chi connectivity index (χ0) is 12.5. The second-order valence-corrected chi connectivity index (χ2v) is 5.36. The third kappa shape index (κ3) is 2.15. The van der Waals surface area contributed by atoms with Gasteiger partial charge in [-0.2, -0.15) is 5.10 Å². The highest BCUT2D eigenvalue weighted by molar-refractivity contribution is 6.30. The van der Waals surface area contributed by atoms with Gasteiger partial charge in [-0.25, -0.2) is 5.01 Å². The number of amides is 1. The quantitative estimate of drug-likeness (QED) is 0.761. The summed E-state index contributed by atoms with van der Waals surface area (Å²) in [6.07, 6.45) is 5.15. The highest BCUT2D eigenvalue weighted by Gasteiger charge is 2.31. The van der Waals surface area contributed by atoms with Crippen molar-refractivity contribution in [3.8, 4) is 0 Å². The highest BCUT2D eigenvalue weighted by atomic mass is 35.5. The predicted octanol–water partition coefficient (Wildman–Crippen LogP) is 3.62. The van der Waals surface area contributed by atoms with E-state index < -0.39 is 0 Å². The van der Waals surface area contributed by atoms with E-state index in [0.29, 0.717) is 17.4 Å². The molecule has 1 amide bonds. The zero-order valence-corrected chi connectivity index (χ0v) is 10.9. The van der Waals surface area contributed by atoms with E-state index in [1.807, 2.05) is 12.1 Å². The summed E-state index contributed by atoms with van der Waals surface area (Å²) < 4.78 is 0. The predicted molar refractivity (Wildman–Crippen MR) is 72.9 cm³/mol. The molecular formula is C14H15ClN2O. The summed E-state index contributed by atoms with van der Waals surface area (Å²) in [5, 5.41) is 6.75. The van der Waals surface area contributed by atoms with Crippen molar-refractivity contribution in [2.24, 2.45) is 11.0 Å². The van der Waals surface area contributed by atoms with Gasteiger partial charge in [0.25, 0.3) is 0 Å². The molecule has 1 saturated carbocycles. The second-order valence-electron chi connectivity index (χ2n) is 4.92. The number of hydrogen-bond acceptors (Lipinski definition) is 2. The van der Waals surface area contributed by atoms with Crippen LogP contribution in [0.15, 0.2) is 29.4 Å². The number of carbonyl (C=O) groups excluding carboxylic acids is 1. The van der Waals surface area contributed by atoms with Crippen LogP contribution in [-0.4, -0.2) is 11.6 Å². The first kappa shape index (κ1) is 11.7. The molecule has 1 atom stereocenters. The lowest BCUT2D eigenvalue weighted by molar-refractivity contribution is -0.119. The number of halogens is 1. The number of hydrogen-bond donors (Lipinski definition) is 0. The molecule has 1 heterocycles. The largest absolute Gasteiger partial charge is 0.273 e. The van der Waals surface area contributed by atoms with Gasteiger partial charge in [-0.05, 0) is 43.5 Å². The Hall–Kier alpha value is -1.35. The summed E-state index contributed by atoms with van der Waals surface area (Å²) >= 11 is 5.86. The summed E-state index contributed by atoms with van der Waals surface area (Å²) in [6.45, 7) is 0. The molecule has 0 N–H and O–H groups in total. The summed E-state index contributed by atoms with van der Waals surface area (Å²) in [7, 11) is 0. The minimum Gasteiger partial charge on any atom is -0.273 e. The van der Waals surface area contributed by atoms with Crippen LogP contribution in [0.25, 0.3) is 0 Å². The molecule has 0 saturated heterocycles. The lowest BCUT2D eigenvalue weighted by Gasteiger charge is -2.32. The molecule has 0 bridgehead atoms. The molecule has 0 radical (unpaired) electrons. The molecule has 4 heteroatoms. The van der Waals surface area contributed by atoms with E-state index in [1.54, 1.807) is 12.1 Å². The van der Waals surface area contributed by atoms with Crippen molar-refractivity contribution in [2.45, 2.75) is 32.1 Å². The number of nitrogens with zero attached hydrogens (tertiary/aromatic N) is 2. The van der Waals surface area contributed by atoms with Crippen LogP contribution in [0.2, 0.25) is 5.02 Å². The number of rotatable bonds is 1. The van der Waals surface area contributed by atoms with Crippen molar-refractivity contribution in [3.63, 3.8) is 0 Å². The number of fused-ring (bicyclic) bond motifs is 1. The smallest absolute Gasteiger partial charge is 0.248 e. The van der Waals surface area contributed by atoms with Crippen LogP contribution in [0.4, 0.5) is 5.69 Å². The van der Waals surface area contributed by atoms with Crippen molar-refractivity contribution in [2.75, 3.05) is 5.01 Å². The molecule has 1 aromatic carbocycles. The van der Waals surface area contributed by atoms with Gasteiger partial charge in [-0.1, -0.05) is 18.0 Å². The normalized spacial score (nSPS) is 23.6. The maximum Gasteiger partial charge on any atom is 0.248 e. The van der Waals surface area contributed by atoms with Crippen LogP contribution in [0.5, 0.6) is 0 Å². The van der Waals surface area contributed by atoms with Crippen molar-refractivity contribution in [1.29, 1.82) is 0 Å². The summed E-state index contributed by atoms with van der Waals surface area (Å²) in [5.41, 5.74) is 2.00. The Balaban J connectivity index is 1.91. The van der Waals surface area contributed by atoms with E-state index in [2.05, 4.69) is 5.10 Å². The van der Waals surface area contributed by atoms with Gasteiger partial charge in [0.1, 0.15) is 0 Å². The Kier molecular flexibility index (Phi) is 3.08. The Labute approximate surface area is 111 Å². The van der Waals surface area contributed by atoms with Gasteiger partial charge < -0.3 is 0 Å². The minimum absolute atomic E-state index is 0.0907. The molecular weight excluding hydrogens is 248 g/mol. The molecule has 2 aliphatic rings. The third-order valence-corrected chi connectivity index (χ3v) is 3.92. The number of carbonyl (C=O) groups is 1. The van der Waals surface area contributed by atoms with Crippen LogP contribution in [0, 0.1) is 5.92 Å². The van der Waals surface area contributed by atoms with Gasteiger partial charge in [0.05, 0.1) is 5.69 Å². The maximum atomic E-state index is 12.1. The van der Waals surface area contributed by atoms with E-state index in [4.69, 9.17) is 11.6 Å². The van der Waals surface area contributed by atoms with Crippen LogP contribution in [0.1, 0.15) is 32.1 Å². The van der Waals surface area contributed by atoms with E-state index in [1.165, 1.54) is 23.6 Å². The van der Waals surface area contributed by atoms with Gasteiger partial charge in [-0.15, -0.1) is 0 Å². The second kappa shape index (κ2) is 4.73. The van der Waals surface area contributed by atoms with Gasteiger partial charge in [-0.3, -0.25) is 4.79 Å². The Morgan fingerprint density at radius 2 is 2.00 bits per heavy atom. The monoisotopic (exact) mass is 262 g/mol. The minimum atomic E-state index is 0.0907. The molecule has 0 spiro atoms. The van der Waals surface area contributed by atoms with Crippen LogP contribution < -0.4 is 5.01 Å². The van der Waals surface area contributed by atoms with Crippen LogP contribution in [-0.2, 0) is 4.79 Å². The van der Waals surface area contributed by atoms with Crippen molar-refractivity contribution in [1.82, 2.24) is 0 Å². The average Bonchev–Trinajstić information content (AvgIpc) is 2.39. The zero-order valence-electron chi connectivity index (χ0n) is 10.1. The van der Waals surface area contributed by atoms with Crippen LogP contribution >= 0.6 is 11.6 Å². The molecule has 1 aliphatic heterocycles. The highest BCUT2D eigenvalue weighted by Crippen LogP contribution is 2.31. The first-order valence-electron chi connectivity index (χ1n) is 6.40. The summed E-state index contributed by atoms with van der Waals surface area (Å²) in [6, 6.07) is 7.26. The molecule has 3 rings (SSSR count). The van der Waals surface area contributed by atoms with Gasteiger partial charge in [0, 0.05) is 23.1 Å². The summed E-state index contributed by atoms with van der Waals surface area (Å²) in [5.74, 6) is 0.475. The van der Waals surface area contributed by atoms with Gasteiger partial charge in [0.15, 0.2) is 0 Å². The number of hydrazone groups is 1. The SMILES string of the molecule is O=C1C[C@@H]2CCCCC2=NN1c1ccc(Cl)cc1. The fraction of sp³-hybridized carbons (Fsp3) is 0.429. The topological polar surface area (TPSA) is 32.7 Å². The first-order chi connectivity index (χ1) is 8.74. The van der Waals surface area contributed by atoms with Crippen molar-refractivity contribution in [3.05, 3.63) is 29.3 Å². The van der Waals surface area contributed by atoms with E-state index in [9.17, 15) is 4.79 Å².